The topological polar surface area (TPSA) is 43.8 Å². The van der Waals surface area contributed by atoms with Crippen LogP contribution in [0.5, 0.6) is 0 Å². The molecule has 0 aliphatic carbocycles. The molecule has 0 radical (unpaired) electrons. The van der Waals surface area contributed by atoms with Gasteiger partial charge >= 0.3 is 0 Å². The van der Waals surface area contributed by atoms with Gasteiger partial charge in [-0.05, 0) is 12.8 Å². The highest BCUT2D eigenvalue weighted by Gasteiger charge is 2.22. The molecular formula is C17H33N3. The van der Waals surface area contributed by atoms with E-state index in [1.54, 1.807) is 0 Å². The van der Waals surface area contributed by atoms with Crippen molar-refractivity contribution in [2.45, 2.75) is 84.5 Å². The average Bonchev–Trinajstić information content (AvgIpc) is 2.65. The maximum Gasteiger partial charge on any atom is 0.126 e. The molecule has 0 atom stereocenters. The predicted octanol–water partition coefficient (Wildman–Crippen LogP) is 4.59. The van der Waals surface area contributed by atoms with Crippen LogP contribution in [0.25, 0.3) is 0 Å². The molecule has 0 aliphatic rings. The van der Waals surface area contributed by atoms with E-state index in [1.807, 2.05) is 7.05 Å². The predicted molar refractivity (Wildman–Crippen MR) is 88.0 cm³/mol. The maximum absolute atomic E-state index is 6.18. The van der Waals surface area contributed by atoms with E-state index in [9.17, 15) is 0 Å². The number of unbranched alkanes of at least 4 members (excludes halogenated alkanes) is 6. The van der Waals surface area contributed by atoms with Crippen molar-refractivity contribution in [1.29, 1.82) is 0 Å². The van der Waals surface area contributed by atoms with Gasteiger partial charge in [0.1, 0.15) is 11.6 Å². The first kappa shape index (κ1) is 17.1. The minimum absolute atomic E-state index is 0.0568. The van der Waals surface area contributed by atoms with E-state index in [0.717, 1.165) is 23.8 Å². The third-order valence-electron chi connectivity index (χ3n) is 3.90. The molecule has 116 valence electrons. The first-order chi connectivity index (χ1) is 9.38. The Bertz CT molecular complexity index is 399. The Morgan fingerprint density at radius 3 is 2.05 bits per heavy atom. The molecule has 1 aromatic rings. The summed E-state index contributed by atoms with van der Waals surface area (Å²) in [7, 11) is 2.02. The zero-order valence-electron chi connectivity index (χ0n) is 14.1. The van der Waals surface area contributed by atoms with Crippen molar-refractivity contribution in [3.05, 3.63) is 11.5 Å². The molecule has 0 aromatic carbocycles. The van der Waals surface area contributed by atoms with E-state index < -0.39 is 0 Å². The molecule has 0 bridgehead atoms. The van der Waals surface area contributed by atoms with E-state index in [-0.39, 0.29) is 5.41 Å². The molecule has 0 saturated heterocycles. The van der Waals surface area contributed by atoms with Crippen LogP contribution in [0.1, 0.15) is 84.2 Å². The summed E-state index contributed by atoms with van der Waals surface area (Å²) in [5.74, 6) is 1.94. The largest absolute Gasteiger partial charge is 0.384 e. The van der Waals surface area contributed by atoms with Gasteiger partial charge in [0.05, 0.1) is 5.69 Å². The number of hydrogen-bond donors (Lipinski definition) is 1. The molecule has 1 aromatic heterocycles. The van der Waals surface area contributed by atoms with Crippen molar-refractivity contribution < 1.29 is 0 Å². The summed E-state index contributed by atoms with van der Waals surface area (Å²) >= 11 is 0. The number of rotatable bonds is 8. The fraction of sp³-hybridized carbons (Fsp3) is 0.824. The van der Waals surface area contributed by atoms with E-state index in [2.05, 4.69) is 32.3 Å². The van der Waals surface area contributed by atoms with Crippen LogP contribution in [0, 0.1) is 0 Å². The molecule has 3 nitrogen and oxygen atoms in total. The van der Waals surface area contributed by atoms with Gasteiger partial charge in [-0.2, -0.15) is 0 Å². The second-order valence-corrected chi connectivity index (χ2v) is 6.95. The van der Waals surface area contributed by atoms with Gasteiger partial charge < -0.3 is 10.3 Å². The van der Waals surface area contributed by atoms with Crippen LogP contribution in [0.2, 0.25) is 0 Å². The molecule has 1 heterocycles. The number of hydrogen-bond acceptors (Lipinski definition) is 2. The average molecular weight is 279 g/mol. The zero-order chi connectivity index (χ0) is 15.2. The monoisotopic (exact) mass is 279 g/mol. The Labute approximate surface area is 125 Å². The van der Waals surface area contributed by atoms with Crippen LogP contribution in [0.15, 0.2) is 0 Å². The lowest BCUT2D eigenvalue weighted by molar-refractivity contribution is 0.522. The van der Waals surface area contributed by atoms with E-state index in [1.165, 1.54) is 44.9 Å². The standard InChI is InChI=1S/C17H33N3/c1-6-7-8-9-10-11-12-13-14-15(18)20(5)16(19-14)17(2,3)4/h6-13,18H2,1-5H3. The van der Waals surface area contributed by atoms with Crippen LogP contribution in [-0.2, 0) is 18.9 Å². The Hall–Kier alpha value is -0.990. The summed E-state index contributed by atoms with van der Waals surface area (Å²) in [6.07, 6.45) is 10.3. The lowest BCUT2D eigenvalue weighted by Gasteiger charge is -2.17. The number of nitrogens with two attached hydrogens (primary N) is 1. The lowest BCUT2D eigenvalue weighted by Crippen LogP contribution is -2.17. The van der Waals surface area contributed by atoms with Gasteiger partial charge in [-0.1, -0.05) is 66.2 Å². The lowest BCUT2D eigenvalue weighted by atomic mass is 9.96. The van der Waals surface area contributed by atoms with Crippen LogP contribution in [0.4, 0.5) is 5.82 Å². The van der Waals surface area contributed by atoms with Crippen molar-refractivity contribution in [2.75, 3.05) is 5.73 Å². The number of aromatic nitrogens is 2. The number of anilines is 1. The van der Waals surface area contributed by atoms with Gasteiger partial charge in [0.2, 0.25) is 0 Å². The van der Waals surface area contributed by atoms with Crippen molar-refractivity contribution >= 4 is 5.82 Å². The maximum atomic E-state index is 6.18. The van der Waals surface area contributed by atoms with Gasteiger partial charge in [0.15, 0.2) is 0 Å². The summed E-state index contributed by atoms with van der Waals surface area (Å²) in [6, 6.07) is 0. The molecule has 3 heteroatoms. The summed E-state index contributed by atoms with van der Waals surface area (Å²) in [4.78, 5) is 4.77. The van der Waals surface area contributed by atoms with Crippen molar-refractivity contribution in [1.82, 2.24) is 9.55 Å². The molecule has 1 rings (SSSR count). The second-order valence-electron chi connectivity index (χ2n) is 6.95. The van der Waals surface area contributed by atoms with Gasteiger partial charge in [0.25, 0.3) is 0 Å². The molecule has 0 saturated carbocycles. The third-order valence-corrected chi connectivity index (χ3v) is 3.90. The minimum atomic E-state index is 0.0568. The normalized spacial score (nSPS) is 12.1. The van der Waals surface area contributed by atoms with Crippen molar-refractivity contribution in [2.24, 2.45) is 7.05 Å². The highest BCUT2D eigenvalue weighted by Crippen LogP contribution is 2.25. The Morgan fingerprint density at radius 1 is 1.00 bits per heavy atom. The van der Waals surface area contributed by atoms with Gasteiger partial charge in [-0.3, -0.25) is 0 Å². The molecule has 20 heavy (non-hydrogen) atoms. The highest BCUT2D eigenvalue weighted by atomic mass is 15.1. The molecule has 0 spiro atoms. The van der Waals surface area contributed by atoms with Crippen LogP contribution in [-0.4, -0.2) is 9.55 Å². The number of aryl methyl sites for hydroxylation is 1. The number of nitrogen functional groups attached to an aromatic ring is 1. The summed E-state index contributed by atoms with van der Waals surface area (Å²) in [5.41, 5.74) is 7.33. The molecular weight excluding hydrogens is 246 g/mol. The number of nitrogens with zero attached hydrogens (tertiary/aromatic N) is 2. The van der Waals surface area contributed by atoms with Gasteiger partial charge in [-0.25, -0.2) is 4.98 Å². The molecule has 0 amide bonds. The van der Waals surface area contributed by atoms with E-state index >= 15 is 0 Å². The van der Waals surface area contributed by atoms with E-state index in [4.69, 9.17) is 10.7 Å². The highest BCUT2D eigenvalue weighted by molar-refractivity contribution is 5.39. The number of imidazole rings is 1. The SMILES string of the molecule is CCCCCCCCCc1nc(C(C)(C)C)n(C)c1N. The second kappa shape index (κ2) is 7.70. The molecule has 2 N–H and O–H groups in total. The first-order valence-corrected chi connectivity index (χ1v) is 8.19. The zero-order valence-corrected chi connectivity index (χ0v) is 14.1. The summed E-state index contributed by atoms with van der Waals surface area (Å²) in [6.45, 7) is 8.82. The smallest absolute Gasteiger partial charge is 0.126 e. The Balaban J connectivity index is 2.41. The summed E-state index contributed by atoms with van der Waals surface area (Å²) < 4.78 is 2.05. The Morgan fingerprint density at radius 2 is 1.55 bits per heavy atom. The Kier molecular flexibility index (Phi) is 6.57. The molecule has 0 fully saturated rings. The van der Waals surface area contributed by atoms with Crippen LogP contribution < -0.4 is 5.73 Å². The summed E-state index contributed by atoms with van der Waals surface area (Å²) in [5, 5.41) is 0. The molecule has 0 unspecified atom stereocenters. The van der Waals surface area contributed by atoms with Crippen LogP contribution >= 0.6 is 0 Å². The van der Waals surface area contributed by atoms with Crippen molar-refractivity contribution in [3.63, 3.8) is 0 Å². The fourth-order valence-corrected chi connectivity index (χ4v) is 2.67. The third kappa shape index (κ3) is 4.84. The van der Waals surface area contributed by atoms with Crippen LogP contribution in [0.3, 0.4) is 0 Å². The quantitative estimate of drug-likeness (QED) is 0.707. The van der Waals surface area contributed by atoms with E-state index in [0.29, 0.717) is 0 Å². The van der Waals surface area contributed by atoms with Crippen molar-refractivity contribution in [3.8, 4) is 0 Å². The fourth-order valence-electron chi connectivity index (χ4n) is 2.67. The van der Waals surface area contributed by atoms with Gasteiger partial charge in [-0.15, -0.1) is 0 Å². The molecule has 0 aliphatic heterocycles. The minimum Gasteiger partial charge on any atom is -0.384 e. The first-order valence-electron chi connectivity index (χ1n) is 8.19. The van der Waals surface area contributed by atoms with Gasteiger partial charge in [0, 0.05) is 12.5 Å².